The molecule has 10 nitrogen and oxygen atoms in total. The molecule has 0 aliphatic carbocycles. The van der Waals surface area contributed by atoms with Gasteiger partial charge >= 0.3 is 5.97 Å². The third-order valence-electron chi connectivity index (χ3n) is 5.69. The lowest BCUT2D eigenvalue weighted by atomic mass is 10.0. The van der Waals surface area contributed by atoms with Crippen molar-refractivity contribution < 1.29 is 24.3 Å². The van der Waals surface area contributed by atoms with Gasteiger partial charge in [-0.15, -0.1) is 0 Å². The summed E-state index contributed by atoms with van der Waals surface area (Å²) in [5.41, 5.74) is 12.6. The average molecular weight is 524 g/mol. The van der Waals surface area contributed by atoms with Crippen LogP contribution in [-0.2, 0) is 25.6 Å². The van der Waals surface area contributed by atoms with E-state index in [1.165, 1.54) is 11.8 Å². The fraction of sp³-hybridized carbons (Fsp3) is 0.600. The molecule has 8 N–H and O–H groups in total. The van der Waals surface area contributed by atoms with Crippen LogP contribution in [0.15, 0.2) is 30.3 Å². The molecule has 0 fully saturated rings. The van der Waals surface area contributed by atoms with E-state index in [0.29, 0.717) is 38.0 Å². The van der Waals surface area contributed by atoms with Crippen molar-refractivity contribution in [2.75, 3.05) is 18.6 Å². The zero-order chi connectivity index (χ0) is 27.1. The van der Waals surface area contributed by atoms with Crippen molar-refractivity contribution >= 4 is 35.5 Å². The number of unbranched alkanes of at least 4 members (excludes halogenated alkanes) is 1. The number of hydrogen-bond donors (Lipinski definition) is 6. The fourth-order valence-electron chi connectivity index (χ4n) is 3.55. The third-order valence-corrected chi connectivity index (χ3v) is 6.33. The van der Waals surface area contributed by atoms with Gasteiger partial charge in [0, 0.05) is 0 Å². The van der Waals surface area contributed by atoms with Gasteiger partial charge in [-0.2, -0.15) is 11.8 Å². The van der Waals surface area contributed by atoms with Crippen LogP contribution in [0.4, 0.5) is 0 Å². The Bertz CT molecular complexity index is 839. The molecular formula is C25H41N5O5S. The molecule has 0 spiro atoms. The number of nitrogens with two attached hydrogens (primary N) is 2. The van der Waals surface area contributed by atoms with Crippen LogP contribution in [0.2, 0.25) is 0 Å². The van der Waals surface area contributed by atoms with Crippen molar-refractivity contribution in [3.8, 4) is 0 Å². The lowest BCUT2D eigenvalue weighted by Gasteiger charge is -2.26. The Hall–Kier alpha value is -2.63. The lowest BCUT2D eigenvalue weighted by molar-refractivity contribution is -0.143. The number of rotatable bonds is 17. The number of carbonyl (C=O) groups is 4. The van der Waals surface area contributed by atoms with Gasteiger partial charge < -0.3 is 32.5 Å². The number of aliphatic carboxylic acids is 1. The number of carbonyl (C=O) groups excluding carboxylic acids is 3. The molecule has 3 amide bonds. The molecule has 4 unspecified atom stereocenters. The quantitative estimate of drug-likeness (QED) is 0.161. The molecule has 0 aliphatic rings. The largest absolute Gasteiger partial charge is 0.480 e. The number of benzene rings is 1. The molecule has 11 heteroatoms. The average Bonchev–Trinajstić information content (AvgIpc) is 2.84. The van der Waals surface area contributed by atoms with Crippen LogP contribution in [0.3, 0.4) is 0 Å². The third kappa shape index (κ3) is 11.4. The van der Waals surface area contributed by atoms with Gasteiger partial charge in [0.05, 0.1) is 6.04 Å². The Morgan fingerprint density at radius 1 is 0.917 bits per heavy atom. The Kier molecular flexibility index (Phi) is 14.8. The van der Waals surface area contributed by atoms with Crippen molar-refractivity contribution in [1.29, 1.82) is 0 Å². The van der Waals surface area contributed by atoms with Crippen LogP contribution >= 0.6 is 11.8 Å². The van der Waals surface area contributed by atoms with Gasteiger partial charge in [-0.25, -0.2) is 4.79 Å². The number of hydrogen-bond acceptors (Lipinski definition) is 7. The summed E-state index contributed by atoms with van der Waals surface area (Å²) in [4.78, 5) is 50.4. The highest BCUT2D eigenvalue weighted by molar-refractivity contribution is 7.98. The van der Waals surface area contributed by atoms with Gasteiger partial charge in [0.2, 0.25) is 17.7 Å². The molecule has 202 valence electrons. The van der Waals surface area contributed by atoms with Gasteiger partial charge in [0.15, 0.2) is 0 Å². The zero-order valence-corrected chi connectivity index (χ0v) is 22.2. The number of amides is 3. The minimum atomic E-state index is -1.15. The number of thioether (sulfide) groups is 1. The van der Waals surface area contributed by atoms with Gasteiger partial charge in [-0.05, 0) is 62.1 Å². The highest BCUT2D eigenvalue weighted by atomic mass is 32.2. The first-order valence-electron chi connectivity index (χ1n) is 12.2. The fourth-order valence-corrected chi connectivity index (χ4v) is 4.02. The van der Waals surface area contributed by atoms with E-state index in [4.69, 9.17) is 11.5 Å². The molecule has 1 rings (SSSR count). The molecule has 0 aromatic heterocycles. The van der Waals surface area contributed by atoms with Crippen LogP contribution in [0, 0.1) is 5.92 Å². The molecule has 1 aromatic rings. The minimum absolute atomic E-state index is 0.288. The molecule has 0 saturated heterocycles. The number of carboxylic acids is 1. The normalized spacial score (nSPS) is 14.4. The van der Waals surface area contributed by atoms with Crippen LogP contribution < -0.4 is 27.4 Å². The predicted molar refractivity (Wildman–Crippen MR) is 142 cm³/mol. The van der Waals surface area contributed by atoms with Crippen LogP contribution in [-0.4, -0.2) is 71.5 Å². The summed E-state index contributed by atoms with van der Waals surface area (Å²) >= 11 is 1.52. The maximum Gasteiger partial charge on any atom is 0.326 e. The Morgan fingerprint density at radius 3 is 2.06 bits per heavy atom. The summed E-state index contributed by atoms with van der Waals surface area (Å²) in [5, 5.41) is 17.4. The summed E-state index contributed by atoms with van der Waals surface area (Å²) in [6, 6.07) is 5.55. The first kappa shape index (κ1) is 31.4. The lowest BCUT2D eigenvalue weighted by Crippen LogP contribution is -2.57. The monoisotopic (exact) mass is 523 g/mol. The van der Waals surface area contributed by atoms with Crippen LogP contribution in [0.1, 0.15) is 45.1 Å². The zero-order valence-electron chi connectivity index (χ0n) is 21.4. The van der Waals surface area contributed by atoms with E-state index in [2.05, 4.69) is 16.0 Å². The summed E-state index contributed by atoms with van der Waals surface area (Å²) in [6.07, 6.45) is 4.05. The molecule has 0 radical (unpaired) electrons. The minimum Gasteiger partial charge on any atom is -0.480 e. The van der Waals surface area contributed by atoms with Crippen molar-refractivity contribution in [1.82, 2.24) is 16.0 Å². The van der Waals surface area contributed by atoms with E-state index in [1.54, 1.807) is 13.8 Å². The van der Waals surface area contributed by atoms with E-state index < -0.39 is 47.9 Å². The first-order chi connectivity index (χ1) is 17.1. The first-order valence-corrected chi connectivity index (χ1v) is 13.6. The Balaban J connectivity index is 2.93. The van der Waals surface area contributed by atoms with Crippen molar-refractivity contribution in [2.45, 2.75) is 70.1 Å². The van der Waals surface area contributed by atoms with Gasteiger partial charge in [0.1, 0.15) is 18.1 Å². The maximum atomic E-state index is 13.2. The second kappa shape index (κ2) is 16.9. The second-order valence-electron chi connectivity index (χ2n) is 9.05. The highest BCUT2D eigenvalue weighted by Crippen LogP contribution is 2.09. The Labute approximate surface area is 217 Å². The van der Waals surface area contributed by atoms with Crippen molar-refractivity contribution in [3.63, 3.8) is 0 Å². The topological polar surface area (TPSA) is 177 Å². The predicted octanol–water partition coefficient (Wildman–Crippen LogP) is 0.634. The standard InChI is InChI=1S/C25H41N5O5S/c1-16(2)21(25(34)35)30-24(33)19(11-7-8-13-26)29-23(32)20(12-14-36-3)28-22(31)18(27)15-17-9-5-4-6-10-17/h4-6,9-10,16,18-21H,7-8,11-15,26-27H2,1-3H3,(H,28,31)(H,29,32)(H,30,33)(H,34,35). The summed E-state index contributed by atoms with van der Waals surface area (Å²) in [5.74, 6) is -2.46. The van der Waals surface area contributed by atoms with Crippen LogP contribution in [0.25, 0.3) is 0 Å². The van der Waals surface area contributed by atoms with Gasteiger partial charge in [-0.3, -0.25) is 14.4 Å². The molecular weight excluding hydrogens is 482 g/mol. The second-order valence-corrected chi connectivity index (χ2v) is 10.0. The molecule has 4 atom stereocenters. The van der Waals surface area contributed by atoms with Crippen LogP contribution in [0.5, 0.6) is 0 Å². The molecule has 0 saturated carbocycles. The smallest absolute Gasteiger partial charge is 0.326 e. The summed E-state index contributed by atoms with van der Waals surface area (Å²) in [7, 11) is 0. The molecule has 36 heavy (non-hydrogen) atoms. The summed E-state index contributed by atoms with van der Waals surface area (Å²) < 4.78 is 0. The maximum absolute atomic E-state index is 13.2. The summed E-state index contributed by atoms with van der Waals surface area (Å²) in [6.45, 7) is 3.80. The molecule has 0 bridgehead atoms. The van der Waals surface area contributed by atoms with Crippen molar-refractivity contribution in [2.24, 2.45) is 17.4 Å². The number of carboxylic acid groups (broad SMARTS) is 1. The van der Waals surface area contributed by atoms with E-state index >= 15 is 0 Å². The molecule has 1 aromatic carbocycles. The van der Waals surface area contributed by atoms with E-state index in [0.717, 1.165) is 5.56 Å². The van der Waals surface area contributed by atoms with E-state index in [9.17, 15) is 24.3 Å². The van der Waals surface area contributed by atoms with E-state index in [-0.39, 0.29) is 12.3 Å². The van der Waals surface area contributed by atoms with E-state index in [1.807, 2.05) is 36.6 Å². The van der Waals surface area contributed by atoms with Gasteiger partial charge in [0.25, 0.3) is 0 Å². The van der Waals surface area contributed by atoms with Gasteiger partial charge in [-0.1, -0.05) is 44.2 Å². The highest BCUT2D eigenvalue weighted by Gasteiger charge is 2.31. The molecule has 0 aliphatic heterocycles. The Morgan fingerprint density at radius 2 is 1.50 bits per heavy atom. The number of nitrogens with one attached hydrogen (secondary N) is 3. The SMILES string of the molecule is CSCCC(NC(=O)C(N)Cc1ccccc1)C(=O)NC(CCCCN)C(=O)NC(C(=O)O)C(C)C. The molecule has 0 heterocycles. The van der Waals surface area contributed by atoms with Crippen molar-refractivity contribution in [3.05, 3.63) is 35.9 Å².